The summed E-state index contributed by atoms with van der Waals surface area (Å²) >= 11 is 0. The Kier molecular flexibility index (Phi) is 8.27. The van der Waals surface area contributed by atoms with Crippen molar-refractivity contribution in [2.24, 2.45) is 0 Å². The van der Waals surface area contributed by atoms with Crippen molar-refractivity contribution < 1.29 is 4.79 Å². The summed E-state index contributed by atoms with van der Waals surface area (Å²) in [4.78, 5) is 15.8. The normalized spacial score (nSPS) is 11.5. The highest BCUT2D eigenvalue weighted by Crippen LogP contribution is 2.21. The third kappa shape index (κ3) is 5.40. The first kappa shape index (κ1) is 22.3. The molecule has 0 aliphatic rings. The highest BCUT2D eigenvalue weighted by atomic mass is 16.1. The van der Waals surface area contributed by atoms with Crippen molar-refractivity contribution in [3.05, 3.63) is 77.1 Å². The van der Waals surface area contributed by atoms with Gasteiger partial charge in [-0.3, -0.25) is 4.79 Å². The maximum absolute atomic E-state index is 13.2. The van der Waals surface area contributed by atoms with Crippen LogP contribution in [0.15, 0.2) is 54.7 Å². The predicted molar refractivity (Wildman–Crippen MR) is 127 cm³/mol. The van der Waals surface area contributed by atoms with Gasteiger partial charge in [0.05, 0.1) is 5.69 Å². The monoisotopic (exact) mass is 404 g/mol. The molecule has 3 rings (SSSR count). The van der Waals surface area contributed by atoms with Crippen LogP contribution in [0.4, 0.5) is 0 Å². The number of benzene rings is 1. The van der Waals surface area contributed by atoms with Gasteiger partial charge in [0.25, 0.3) is 0 Å². The van der Waals surface area contributed by atoms with Gasteiger partial charge in [0, 0.05) is 17.3 Å². The van der Waals surface area contributed by atoms with Crippen LogP contribution in [-0.4, -0.2) is 34.7 Å². The van der Waals surface area contributed by atoms with Crippen LogP contribution in [0, 0.1) is 0 Å². The molecule has 0 bridgehead atoms. The number of aromatic nitrogens is 1. The quantitative estimate of drug-likeness (QED) is 0.266. The number of hydrogen-bond acceptors (Lipinski definition) is 2. The number of carbonyl (C=O) groups is 1. The Balaban J connectivity index is 1.61. The molecule has 0 radical (unpaired) electrons. The summed E-state index contributed by atoms with van der Waals surface area (Å²) in [6.07, 6.45) is 8.80. The van der Waals surface area contributed by atoms with Gasteiger partial charge in [-0.1, -0.05) is 51.1 Å². The predicted octanol–water partition coefficient (Wildman–Crippen LogP) is 6.18. The molecule has 1 aromatic carbocycles. The number of nitrogens with zero attached hydrogens (tertiary/aromatic N) is 2. The van der Waals surface area contributed by atoms with Crippen molar-refractivity contribution in [1.29, 1.82) is 0 Å². The molecule has 0 spiro atoms. The van der Waals surface area contributed by atoms with E-state index in [1.807, 2.05) is 34.9 Å². The van der Waals surface area contributed by atoms with Crippen LogP contribution in [-0.2, 0) is 12.8 Å². The van der Waals surface area contributed by atoms with E-state index in [2.05, 4.69) is 49.9 Å². The zero-order valence-corrected chi connectivity index (χ0v) is 18.9. The Hall–Kier alpha value is -2.39. The van der Waals surface area contributed by atoms with Gasteiger partial charge in [-0.15, -0.1) is 0 Å². The first-order valence-corrected chi connectivity index (χ1v) is 11.6. The molecule has 0 saturated carbocycles. The van der Waals surface area contributed by atoms with Crippen molar-refractivity contribution in [3.63, 3.8) is 0 Å². The maximum atomic E-state index is 13.2. The molecule has 3 heteroatoms. The molecule has 0 aliphatic carbocycles. The molecule has 0 N–H and O–H groups in total. The minimum absolute atomic E-state index is 0.111. The third-order valence-corrected chi connectivity index (χ3v) is 5.84. The fourth-order valence-corrected chi connectivity index (χ4v) is 4.30. The Morgan fingerprint density at radius 2 is 1.63 bits per heavy atom. The second-order valence-corrected chi connectivity index (χ2v) is 8.19. The van der Waals surface area contributed by atoms with Crippen LogP contribution in [0.5, 0.6) is 0 Å². The zero-order chi connectivity index (χ0) is 21.3. The molecular weight excluding hydrogens is 368 g/mol. The molecule has 0 unspecified atom stereocenters. The zero-order valence-electron chi connectivity index (χ0n) is 18.9. The van der Waals surface area contributed by atoms with E-state index in [0.717, 1.165) is 35.2 Å². The molecule has 3 nitrogen and oxygen atoms in total. The minimum atomic E-state index is 0.111. The molecule has 0 amide bonds. The number of unbranched alkanes of at least 4 members (excludes halogenated alkanes) is 1. The lowest BCUT2D eigenvalue weighted by molar-refractivity contribution is 0.103. The number of rotatable bonds is 12. The molecule has 0 atom stereocenters. The summed E-state index contributed by atoms with van der Waals surface area (Å²) in [5.74, 6) is 0.111. The van der Waals surface area contributed by atoms with Gasteiger partial charge in [-0.05, 0) is 87.5 Å². The summed E-state index contributed by atoms with van der Waals surface area (Å²) < 4.78 is 2.02. The summed E-state index contributed by atoms with van der Waals surface area (Å²) in [7, 11) is 0. The topological polar surface area (TPSA) is 24.7 Å². The van der Waals surface area contributed by atoms with Crippen LogP contribution in [0.25, 0.3) is 5.52 Å². The minimum Gasteiger partial charge on any atom is -0.313 e. The number of fused-ring (bicyclic) bond motifs is 1. The molecule has 30 heavy (non-hydrogen) atoms. The molecule has 2 aromatic heterocycles. The largest absolute Gasteiger partial charge is 0.313 e. The second kappa shape index (κ2) is 11.1. The van der Waals surface area contributed by atoms with Crippen molar-refractivity contribution in [2.45, 2.75) is 59.3 Å². The lowest BCUT2D eigenvalue weighted by Crippen LogP contribution is -2.26. The maximum Gasteiger partial charge on any atom is 0.210 e. The molecule has 3 aromatic rings. The molecule has 2 heterocycles. The van der Waals surface area contributed by atoms with E-state index in [-0.39, 0.29) is 5.78 Å². The van der Waals surface area contributed by atoms with Crippen LogP contribution < -0.4 is 0 Å². The fraction of sp³-hybridized carbons (Fsp3) is 0.444. The Morgan fingerprint density at radius 1 is 0.900 bits per heavy atom. The Labute approximate surface area is 181 Å². The second-order valence-electron chi connectivity index (χ2n) is 8.19. The van der Waals surface area contributed by atoms with Crippen molar-refractivity contribution in [2.75, 3.05) is 19.6 Å². The van der Waals surface area contributed by atoms with E-state index in [0.29, 0.717) is 0 Å². The molecule has 160 valence electrons. The van der Waals surface area contributed by atoms with E-state index >= 15 is 0 Å². The van der Waals surface area contributed by atoms with E-state index in [9.17, 15) is 4.79 Å². The van der Waals surface area contributed by atoms with Crippen molar-refractivity contribution >= 4 is 11.3 Å². The number of ketones is 1. The molecular formula is C27H36N2O. The van der Waals surface area contributed by atoms with Crippen LogP contribution >= 0.6 is 0 Å². The SMILES string of the molecule is CCCN(CCC)CCCCc1ccc(C(=O)c2c(CC)cc3ccccn23)cc1. The van der Waals surface area contributed by atoms with E-state index in [1.165, 1.54) is 50.9 Å². The highest BCUT2D eigenvalue weighted by molar-refractivity contribution is 6.09. The van der Waals surface area contributed by atoms with Crippen molar-refractivity contribution in [1.82, 2.24) is 9.30 Å². The fourth-order valence-electron chi connectivity index (χ4n) is 4.30. The Morgan fingerprint density at radius 3 is 2.30 bits per heavy atom. The van der Waals surface area contributed by atoms with Crippen LogP contribution in [0.3, 0.4) is 0 Å². The highest BCUT2D eigenvalue weighted by Gasteiger charge is 2.18. The molecule has 0 saturated heterocycles. The van der Waals surface area contributed by atoms with Gasteiger partial charge in [0.15, 0.2) is 0 Å². The van der Waals surface area contributed by atoms with E-state index < -0.39 is 0 Å². The number of hydrogen-bond donors (Lipinski definition) is 0. The van der Waals surface area contributed by atoms with Gasteiger partial charge < -0.3 is 9.30 Å². The van der Waals surface area contributed by atoms with Crippen LogP contribution in [0.1, 0.15) is 73.6 Å². The van der Waals surface area contributed by atoms with Crippen LogP contribution in [0.2, 0.25) is 0 Å². The lowest BCUT2D eigenvalue weighted by atomic mass is 10.0. The van der Waals surface area contributed by atoms with Gasteiger partial charge in [0.1, 0.15) is 0 Å². The Bertz CT molecular complexity index is 933. The summed E-state index contributed by atoms with van der Waals surface area (Å²) in [6.45, 7) is 10.2. The van der Waals surface area contributed by atoms with Gasteiger partial charge in [-0.2, -0.15) is 0 Å². The lowest BCUT2D eigenvalue weighted by Gasteiger charge is -2.20. The summed E-state index contributed by atoms with van der Waals surface area (Å²) in [6, 6.07) is 16.4. The summed E-state index contributed by atoms with van der Waals surface area (Å²) in [5, 5.41) is 0. The average Bonchev–Trinajstić information content (AvgIpc) is 3.15. The number of aryl methyl sites for hydroxylation is 2. The standard InChI is InChI=1S/C27H36N2O/c1-4-17-28(18-5-2)19-9-7-11-22-13-15-24(16-14-22)27(30)26-23(6-3)21-25-12-8-10-20-29(25)26/h8,10,12-16,20-21H,4-7,9,11,17-19H2,1-3H3. The average molecular weight is 405 g/mol. The first-order valence-electron chi connectivity index (χ1n) is 11.6. The third-order valence-electron chi connectivity index (χ3n) is 5.84. The number of pyridine rings is 1. The van der Waals surface area contributed by atoms with Gasteiger partial charge >= 0.3 is 0 Å². The van der Waals surface area contributed by atoms with E-state index in [4.69, 9.17) is 0 Å². The number of carbonyl (C=O) groups excluding carboxylic acids is 1. The van der Waals surface area contributed by atoms with E-state index in [1.54, 1.807) is 0 Å². The molecule has 0 aliphatic heterocycles. The van der Waals surface area contributed by atoms with Gasteiger partial charge in [-0.25, -0.2) is 0 Å². The molecule has 0 fully saturated rings. The van der Waals surface area contributed by atoms with Gasteiger partial charge in [0.2, 0.25) is 5.78 Å². The first-order chi connectivity index (χ1) is 14.7. The smallest absolute Gasteiger partial charge is 0.210 e. The summed E-state index contributed by atoms with van der Waals surface area (Å²) in [5.41, 5.74) is 5.08. The van der Waals surface area contributed by atoms with Crippen molar-refractivity contribution in [3.8, 4) is 0 Å².